The minimum Gasteiger partial charge on any atom is -0.443 e. The highest BCUT2D eigenvalue weighted by Crippen LogP contribution is 2.30. The van der Waals surface area contributed by atoms with E-state index in [1.807, 2.05) is 31.2 Å². The van der Waals surface area contributed by atoms with Gasteiger partial charge in [-0.25, -0.2) is 14.2 Å². The van der Waals surface area contributed by atoms with Crippen molar-refractivity contribution in [3.8, 4) is 11.1 Å². The Balaban J connectivity index is 1.43. The quantitative estimate of drug-likeness (QED) is 0.532. The number of nitrogens with zero attached hydrogens (tertiary/aromatic N) is 3. The SMILES string of the molecule is CCNC[C@H]1CN(c2ccc(-c3ccc(CSc4ncn[nH]4)cc3)c(F)c2)C(=O)O1. The number of anilines is 1. The van der Waals surface area contributed by atoms with Gasteiger partial charge < -0.3 is 10.1 Å². The Morgan fingerprint density at radius 3 is 2.83 bits per heavy atom. The summed E-state index contributed by atoms with van der Waals surface area (Å²) in [6.45, 7) is 3.78. The van der Waals surface area contributed by atoms with Crippen LogP contribution in [-0.4, -0.2) is 47.0 Å². The summed E-state index contributed by atoms with van der Waals surface area (Å²) in [5.74, 6) is 0.362. The van der Waals surface area contributed by atoms with Crippen LogP contribution in [0.15, 0.2) is 53.9 Å². The van der Waals surface area contributed by atoms with Crippen molar-refractivity contribution in [2.75, 3.05) is 24.5 Å². The standard InChI is InChI=1S/C21H22FN5O2S/c1-2-23-10-17-11-27(21(28)29-17)16-7-8-18(19(22)9-16)15-5-3-14(4-6-15)12-30-20-24-13-25-26-20/h3-9,13,17,23H,2,10-12H2,1H3,(H,24,25,26)/t17-/m0/s1. The molecule has 1 fully saturated rings. The van der Waals surface area contributed by atoms with E-state index in [1.165, 1.54) is 17.3 Å². The summed E-state index contributed by atoms with van der Waals surface area (Å²) in [7, 11) is 0. The molecule has 1 aromatic heterocycles. The molecular weight excluding hydrogens is 405 g/mol. The number of aromatic nitrogens is 3. The Hall–Kier alpha value is -2.91. The third-order valence-corrected chi connectivity index (χ3v) is 5.74. The van der Waals surface area contributed by atoms with Gasteiger partial charge in [0, 0.05) is 17.9 Å². The van der Waals surface area contributed by atoms with Gasteiger partial charge in [-0.05, 0) is 35.9 Å². The van der Waals surface area contributed by atoms with Gasteiger partial charge in [0.2, 0.25) is 0 Å². The number of benzene rings is 2. The number of amides is 1. The van der Waals surface area contributed by atoms with Crippen LogP contribution >= 0.6 is 11.8 Å². The Kier molecular flexibility index (Phi) is 6.29. The molecule has 0 aliphatic carbocycles. The normalized spacial score (nSPS) is 16.1. The number of carbonyl (C=O) groups is 1. The van der Waals surface area contributed by atoms with Crippen LogP contribution in [-0.2, 0) is 10.5 Å². The van der Waals surface area contributed by atoms with Crippen molar-refractivity contribution in [2.45, 2.75) is 23.9 Å². The first-order chi connectivity index (χ1) is 14.6. The zero-order chi connectivity index (χ0) is 20.9. The average molecular weight is 428 g/mol. The van der Waals surface area contributed by atoms with Crippen LogP contribution in [0.5, 0.6) is 0 Å². The number of hydrogen-bond acceptors (Lipinski definition) is 6. The molecule has 4 rings (SSSR count). The largest absolute Gasteiger partial charge is 0.443 e. The molecule has 30 heavy (non-hydrogen) atoms. The number of halogens is 1. The number of ether oxygens (including phenoxy) is 1. The van der Waals surface area contributed by atoms with E-state index in [0.717, 1.165) is 28.6 Å². The Bertz CT molecular complexity index is 997. The monoisotopic (exact) mass is 427 g/mol. The van der Waals surface area contributed by atoms with Crippen molar-refractivity contribution in [1.82, 2.24) is 20.5 Å². The zero-order valence-corrected chi connectivity index (χ0v) is 17.3. The molecule has 1 saturated heterocycles. The highest BCUT2D eigenvalue weighted by molar-refractivity contribution is 7.98. The molecule has 1 atom stereocenters. The van der Waals surface area contributed by atoms with Crippen LogP contribution < -0.4 is 10.2 Å². The second-order valence-corrected chi connectivity index (χ2v) is 7.83. The summed E-state index contributed by atoms with van der Waals surface area (Å²) >= 11 is 1.55. The lowest BCUT2D eigenvalue weighted by Crippen LogP contribution is -2.30. The molecule has 1 amide bonds. The van der Waals surface area contributed by atoms with E-state index in [1.54, 1.807) is 23.9 Å². The fraction of sp³-hybridized carbons (Fsp3) is 0.286. The fourth-order valence-electron chi connectivity index (χ4n) is 3.25. The van der Waals surface area contributed by atoms with Gasteiger partial charge in [-0.2, -0.15) is 5.10 Å². The molecule has 2 aromatic carbocycles. The number of nitrogens with one attached hydrogen (secondary N) is 2. The average Bonchev–Trinajstić information content (AvgIpc) is 3.41. The first kappa shape index (κ1) is 20.4. The number of H-pyrrole nitrogens is 1. The second kappa shape index (κ2) is 9.27. The van der Waals surface area contributed by atoms with Crippen LogP contribution in [0.3, 0.4) is 0 Å². The smallest absolute Gasteiger partial charge is 0.414 e. The predicted molar refractivity (Wildman–Crippen MR) is 114 cm³/mol. The molecule has 156 valence electrons. The summed E-state index contributed by atoms with van der Waals surface area (Å²) in [6.07, 6.45) is 0.795. The maximum Gasteiger partial charge on any atom is 0.414 e. The van der Waals surface area contributed by atoms with Crippen LogP contribution in [0.4, 0.5) is 14.9 Å². The van der Waals surface area contributed by atoms with Crippen molar-refractivity contribution >= 4 is 23.5 Å². The highest BCUT2D eigenvalue weighted by Gasteiger charge is 2.32. The van der Waals surface area contributed by atoms with Crippen LogP contribution in [0.1, 0.15) is 12.5 Å². The topological polar surface area (TPSA) is 83.1 Å². The molecule has 3 aromatic rings. The Labute approximate surface area is 178 Å². The van der Waals surface area contributed by atoms with Crippen molar-refractivity contribution < 1.29 is 13.9 Å². The third kappa shape index (κ3) is 4.63. The molecule has 9 heteroatoms. The van der Waals surface area contributed by atoms with Crippen LogP contribution in [0.2, 0.25) is 0 Å². The van der Waals surface area contributed by atoms with Gasteiger partial charge in [0.1, 0.15) is 18.2 Å². The molecule has 7 nitrogen and oxygen atoms in total. The lowest BCUT2D eigenvalue weighted by molar-refractivity contribution is 0.140. The molecule has 0 radical (unpaired) electrons. The molecule has 0 unspecified atom stereocenters. The van der Waals surface area contributed by atoms with Crippen molar-refractivity contribution in [3.05, 3.63) is 60.2 Å². The van der Waals surface area contributed by atoms with Crippen molar-refractivity contribution in [2.24, 2.45) is 0 Å². The molecule has 0 saturated carbocycles. The number of carbonyl (C=O) groups excluding carboxylic acids is 1. The minimum atomic E-state index is -0.446. The van der Waals surface area contributed by atoms with E-state index in [2.05, 4.69) is 20.5 Å². The first-order valence-corrected chi connectivity index (χ1v) is 10.7. The summed E-state index contributed by atoms with van der Waals surface area (Å²) < 4.78 is 20.2. The molecule has 1 aliphatic rings. The molecular formula is C21H22FN5O2S. The predicted octanol–water partition coefficient (Wildman–Crippen LogP) is 3.84. The number of cyclic esters (lactones) is 1. The lowest BCUT2D eigenvalue weighted by atomic mass is 10.0. The van der Waals surface area contributed by atoms with Gasteiger partial charge in [0.15, 0.2) is 5.16 Å². The van der Waals surface area contributed by atoms with E-state index in [-0.39, 0.29) is 11.9 Å². The third-order valence-electron chi connectivity index (χ3n) is 4.79. The van der Waals surface area contributed by atoms with Gasteiger partial charge >= 0.3 is 6.09 Å². The lowest BCUT2D eigenvalue weighted by Gasteiger charge is -2.14. The maximum atomic E-state index is 14.8. The molecule has 0 spiro atoms. The van der Waals surface area contributed by atoms with Gasteiger partial charge in [-0.15, -0.1) is 0 Å². The zero-order valence-electron chi connectivity index (χ0n) is 16.5. The first-order valence-electron chi connectivity index (χ1n) is 9.70. The number of hydrogen-bond donors (Lipinski definition) is 2. The van der Waals surface area contributed by atoms with Gasteiger partial charge in [0.05, 0.1) is 12.2 Å². The van der Waals surface area contributed by atoms with E-state index < -0.39 is 6.09 Å². The van der Waals surface area contributed by atoms with Crippen molar-refractivity contribution in [1.29, 1.82) is 0 Å². The van der Waals surface area contributed by atoms with E-state index in [9.17, 15) is 9.18 Å². The number of likely N-dealkylation sites (N-methyl/N-ethyl adjacent to an activating group) is 1. The Morgan fingerprint density at radius 2 is 2.13 bits per heavy atom. The minimum absolute atomic E-state index is 0.234. The van der Waals surface area contributed by atoms with E-state index in [4.69, 9.17) is 4.74 Å². The fourth-order valence-corrected chi connectivity index (χ4v) is 3.98. The van der Waals surface area contributed by atoms with Gasteiger partial charge in [-0.3, -0.25) is 10.00 Å². The second-order valence-electron chi connectivity index (χ2n) is 6.86. The van der Waals surface area contributed by atoms with Gasteiger partial charge in [0.25, 0.3) is 0 Å². The van der Waals surface area contributed by atoms with Crippen molar-refractivity contribution in [3.63, 3.8) is 0 Å². The maximum absolute atomic E-state index is 14.8. The summed E-state index contributed by atoms with van der Waals surface area (Å²) in [5, 5.41) is 10.5. The highest BCUT2D eigenvalue weighted by atomic mass is 32.2. The summed E-state index contributed by atoms with van der Waals surface area (Å²) in [6, 6.07) is 12.6. The Morgan fingerprint density at radius 1 is 1.30 bits per heavy atom. The molecule has 2 N–H and O–H groups in total. The summed E-state index contributed by atoms with van der Waals surface area (Å²) in [4.78, 5) is 17.7. The molecule has 0 bridgehead atoms. The molecule has 2 heterocycles. The number of rotatable bonds is 8. The number of thioether (sulfide) groups is 1. The van der Waals surface area contributed by atoms with E-state index in [0.29, 0.717) is 24.3 Å². The van der Waals surface area contributed by atoms with Gasteiger partial charge in [-0.1, -0.05) is 43.0 Å². The number of aromatic amines is 1. The van der Waals surface area contributed by atoms with Crippen LogP contribution in [0, 0.1) is 5.82 Å². The van der Waals surface area contributed by atoms with E-state index >= 15 is 0 Å². The molecule has 1 aliphatic heterocycles. The van der Waals surface area contributed by atoms with Crippen LogP contribution in [0.25, 0.3) is 11.1 Å². The summed E-state index contributed by atoms with van der Waals surface area (Å²) in [5.41, 5.74) is 2.87.